The van der Waals surface area contributed by atoms with Gasteiger partial charge in [0.05, 0.1) is 23.5 Å². The highest BCUT2D eigenvalue weighted by Crippen LogP contribution is 2.33. The summed E-state index contributed by atoms with van der Waals surface area (Å²) in [5.74, 6) is -0.719. The van der Waals surface area contributed by atoms with Crippen molar-refractivity contribution in [3.63, 3.8) is 0 Å². The summed E-state index contributed by atoms with van der Waals surface area (Å²) < 4.78 is 32.5. The minimum Gasteiger partial charge on any atom is -0.397 e. The summed E-state index contributed by atoms with van der Waals surface area (Å²) in [7, 11) is -3.67. The highest BCUT2D eigenvalue weighted by atomic mass is 32.2. The van der Waals surface area contributed by atoms with Crippen LogP contribution >= 0.6 is 0 Å². The van der Waals surface area contributed by atoms with Crippen LogP contribution in [0.3, 0.4) is 0 Å². The molecule has 38 heavy (non-hydrogen) atoms. The second-order valence-corrected chi connectivity index (χ2v) is 12.7. The minimum absolute atomic E-state index is 0.00445. The Balaban J connectivity index is 1.26. The number of nitrogen functional groups attached to an aromatic ring is 1. The van der Waals surface area contributed by atoms with Gasteiger partial charge in [0.15, 0.2) is 21.7 Å². The summed E-state index contributed by atoms with van der Waals surface area (Å²) >= 11 is 0. The van der Waals surface area contributed by atoms with Crippen LogP contribution in [-0.4, -0.2) is 75.6 Å². The molecule has 13 heteroatoms. The number of amides is 2. The van der Waals surface area contributed by atoms with Crippen molar-refractivity contribution in [2.45, 2.75) is 57.1 Å². The molecule has 1 aromatic carbocycles. The lowest BCUT2D eigenvalue weighted by Crippen LogP contribution is -2.36. The van der Waals surface area contributed by atoms with E-state index in [0.717, 1.165) is 5.56 Å². The zero-order chi connectivity index (χ0) is 27.7. The number of carbonyl (C=O) groups is 1. The predicted molar refractivity (Wildman–Crippen MR) is 143 cm³/mol. The van der Waals surface area contributed by atoms with Gasteiger partial charge in [-0.25, -0.2) is 23.2 Å². The molecule has 12 nitrogen and oxygen atoms in total. The number of fused-ring (bicyclic) bond motifs is 1. The van der Waals surface area contributed by atoms with Crippen LogP contribution in [0.2, 0.25) is 0 Å². The highest BCUT2D eigenvalue weighted by molar-refractivity contribution is 7.91. The first kappa shape index (κ1) is 27.8. The van der Waals surface area contributed by atoms with Crippen LogP contribution in [0.25, 0.3) is 11.2 Å². The Labute approximate surface area is 221 Å². The van der Waals surface area contributed by atoms with Gasteiger partial charge in [-0.3, -0.25) is 4.57 Å². The highest BCUT2D eigenvalue weighted by Gasteiger charge is 2.45. The van der Waals surface area contributed by atoms with E-state index < -0.39 is 46.2 Å². The molecule has 1 aliphatic rings. The van der Waals surface area contributed by atoms with Crippen LogP contribution in [0.15, 0.2) is 42.9 Å². The molecular weight excluding hydrogens is 512 g/mol. The lowest BCUT2D eigenvalue weighted by Gasteiger charge is -2.19. The first-order valence-electron chi connectivity index (χ1n) is 12.3. The third-order valence-electron chi connectivity index (χ3n) is 6.45. The summed E-state index contributed by atoms with van der Waals surface area (Å²) in [6.45, 7) is 6.45. The number of nitrogens with zero attached hydrogens (tertiary/aromatic N) is 3. The van der Waals surface area contributed by atoms with Crippen molar-refractivity contribution in [1.82, 2.24) is 19.9 Å². The number of hydrogen-bond acceptors (Lipinski definition) is 9. The van der Waals surface area contributed by atoms with Crippen molar-refractivity contribution < 1.29 is 28.2 Å². The smallest absolute Gasteiger partial charge is 0.319 e. The number of aliphatic hydroxyl groups is 2. The molecule has 2 aromatic heterocycles. The molecule has 1 saturated heterocycles. The summed E-state index contributed by atoms with van der Waals surface area (Å²) in [4.78, 5) is 20.5. The van der Waals surface area contributed by atoms with Gasteiger partial charge in [-0.2, -0.15) is 0 Å². The fourth-order valence-electron chi connectivity index (χ4n) is 4.29. The maximum Gasteiger partial charge on any atom is 0.319 e. The monoisotopic (exact) mass is 546 g/mol. The first-order chi connectivity index (χ1) is 17.9. The number of imidazole rings is 1. The Kier molecular flexibility index (Phi) is 7.93. The topological polar surface area (TPSA) is 182 Å². The van der Waals surface area contributed by atoms with E-state index >= 15 is 0 Å². The summed E-state index contributed by atoms with van der Waals surface area (Å²) in [6, 6.07) is 8.68. The molecule has 0 radical (unpaired) electrons. The van der Waals surface area contributed by atoms with Gasteiger partial charge in [0.25, 0.3) is 0 Å². The average molecular weight is 547 g/mol. The molecule has 0 saturated carbocycles. The molecule has 206 valence electrons. The van der Waals surface area contributed by atoms with E-state index in [-0.39, 0.29) is 24.1 Å². The fraction of sp³-hybridized carbons (Fsp3) is 0.480. The molecule has 1 fully saturated rings. The Bertz CT molecular complexity index is 1390. The van der Waals surface area contributed by atoms with E-state index in [9.17, 15) is 23.4 Å². The molecule has 4 atom stereocenters. The van der Waals surface area contributed by atoms with E-state index in [4.69, 9.17) is 10.5 Å². The molecule has 6 N–H and O–H groups in total. The second kappa shape index (κ2) is 10.8. The summed E-state index contributed by atoms with van der Waals surface area (Å²) in [5, 5.41) is 26.4. The molecule has 0 spiro atoms. The van der Waals surface area contributed by atoms with E-state index in [2.05, 4.69) is 41.4 Å². The number of aliphatic hydroxyl groups excluding tert-OH is 2. The van der Waals surface area contributed by atoms with Gasteiger partial charge in [0.2, 0.25) is 0 Å². The SMILES string of the molecule is CC(C)(C)c1ccc(NC(=O)NCCCS(=O)(=O)C[C@H]2O[C@@H](n3cnc4c(N)ccnc43)[C@H](O)[C@@H]2O)cc1. The average Bonchev–Trinajstić information content (AvgIpc) is 3.39. The van der Waals surface area contributed by atoms with Crippen molar-refractivity contribution in [2.24, 2.45) is 0 Å². The zero-order valence-electron chi connectivity index (χ0n) is 21.5. The van der Waals surface area contributed by atoms with E-state index in [1.165, 1.54) is 17.1 Å². The van der Waals surface area contributed by atoms with Gasteiger partial charge in [-0.15, -0.1) is 0 Å². The van der Waals surface area contributed by atoms with Gasteiger partial charge in [0, 0.05) is 18.4 Å². The van der Waals surface area contributed by atoms with Crippen LogP contribution in [0, 0.1) is 0 Å². The summed E-state index contributed by atoms with van der Waals surface area (Å²) in [5.41, 5.74) is 8.82. The number of rotatable bonds is 8. The van der Waals surface area contributed by atoms with Crippen LogP contribution in [0.4, 0.5) is 16.2 Å². The van der Waals surface area contributed by atoms with Gasteiger partial charge in [-0.1, -0.05) is 32.9 Å². The number of aromatic nitrogens is 3. The van der Waals surface area contributed by atoms with Crippen molar-refractivity contribution in [2.75, 3.05) is 29.1 Å². The normalized spacial score (nSPS) is 22.0. The molecule has 2 amide bonds. The molecule has 4 rings (SSSR count). The third kappa shape index (κ3) is 6.23. The van der Waals surface area contributed by atoms with E-state index in [1.807, 2.05) is 24.3 Å². The number of anilines is 2. The number of sulfone groups is 1. The number of hydrogen-bond donors (Lipinski definition) is 5. The lowest BCUT2D eigenvalue weighted by molar-refractivity contribution is -0.0292. The number of ether oxygens (including phenoxy) is 1. The molecule has 3 aromatic rings. The molecular formula is C25H34N6O6S. The molecule has 0 bridgehead atoms. The number of urea groups is 1. The molecule has 0 unspecified atom stereocenters. The Morgan fingerprint density at radius 3 is 2.53 bits per heavy atom. The second-order valence-electron chi connectivity index (χ2n) is 10.4. The van der Waals surface area contributed by atoms with Crippen molar-refractivity contribution in [3.8, 4) is 0 Å². The van der Waals surface area contributed by atoms with Crippen LogP contribution in [0.5, 0.6) is 0 Å². The number of carbonyl (C=O) groups excluding carboxylic acids is 1. The predicted octanol–water partition coefficient (Wildman–Crippen LogP) is 1.56. The largest absolute Gasteiger partial charge is 0.397 e. The molecule has 3 heterocycles. The van der Waals surface area contributed by atoms with Crippen LogP contribution in [-0.2, 0) is 20.0 Å². The minimum atomic E-state index is -3.67. The number of pyridine rings is 1. The van der Waals surface area contributed by atoms with Gasteiger partial charge in [0.1, 0.15) is 23.8 Å². The Hall–Kier alpha value is -3.26. The maximum atomic E-state index is 12.7. The van der Waals surface area contributed by atoms with Crippen molar-refractivity contribution in [1.29, 1.82) is 0 Å². The van der Waals surface area contributed by atoms with Gasteiger partial charge >= 0.3 is 6.03 Å². The molecule has 1 aliphatic heterocycles. The maximum absolute atomic E-state index is 12.7. The number of nitrogens with two attached hydrogens (primary N) is 1. The molecule has 0 aliphatic carbocycles. The van der Waals surface area contributed by atoms with Gasteiger partial charge in [-0.05, 0) is 35.6 Å². The quantitative estimate of drug-likeness (QED) is 0.262. The van der Waals surface area contributed by atoms with E-state index in [1.54, 1.807) is 6.07 Å². The fourth-order valence-corrected chi connectivity index (χ4v) is 5.82. The van der Waals surface area contributed by atoms with E-state index in [0.29, 0.717) is 22.5 Å². The van der Waals surface area contributed by atoms with Gasteiger partial charge < -0.3 is 31.3 Å². The third-order valence-corrected chi connectivity index (χ3v) is 8.20. The number of nitrogens with one attached hydrogen (secondary N) is 2. The summed E-state index contributed by atoms with van der Waals surface area (Å²) in [6.07, 6.45) is -2.02. The standard InChI is InChI=1S/C25H34N6O6S/c1-25(2,3)15-5-7-16(8-6-15)30-24(34)28-10-4-12-38(35,36)13-18-20(32)21(33)23(37-18)31-14-29-19-17(26)9-11-27-22(19)31/h5-9,11,14,18,20-21,23,32-33H,4,10,12-13H2,1-3H3,(H2,26,27)(H2,28,30,34)/t18-,20-,21-,23-/m1/s1. The Morgan fingerprint density at radius 2 is 1.84 bits per heavy atom. The number of benzene rings is 1. The van der Waals surface area contributed by atoms with Crippen molar-refractivity contribution >= 4 is 38.4 Å². The zero-order valence-corrected chi connectivity index (χ0v) is 22.4. The van der Waals surface area contributed by atoms with Crippen molar-refractivity contribution in [3.05, 3.63) is 48.4 Å². The van der Waals surface area contributed by atoms with Crippen LogP contribution < -0.4 is 16.4 Å². The lowest BCUT2D eigenvalue weighted by atomic mass is 9.87. The van der Waals surface area contributed by atoms with Crippen LogP contribution in [0.1, 0.15) is 39.0 Å². The Morgan fingerprint density at radius 1 is 1.13 bits per heavy atom. The first-order valence-corrected chi connectivity index (χ1v) is 14.1.